The minimum Gasteiger partial charge on any atom is -0.493 e. The van der Waals surface area contributed by atoms with Crippen molar-refractivity contribution in [3.8, 4) is 11.5 Å². The molecule has 0 N–H and O–H groups in total. The fraction of sp³-hybridized carbons (Fsp3) is 0.333. The number of nitrogens with zero attached hydrogens (tertiary/aromatic N) is 2. The molecular formula is C24H26N2O4S. The highest BCUT2D eigenvalue weighted by atomic mass is 32.1. The predicted molar refractivity (Wildman–Crippen MR) is 121 cm³/mol. The van der Waals surface area contributed by atoms with Crippen LogP contribution in [0.15, 0.2) is 52.6 Å². The van der Waals surface area contributed by atoms with E-state index in [1.54, 1.807) is 18.8 Å². The molecule has 31 heavy (non-hydrogen) atoms. The molecule has 3 aromatic rings. The van der Waals surface area contributed by atoms with Crippen LogP contribution in [0.4, 0.5) is 0 Å². The molecule has 1 aromatic heterocycles. The fourth-order valence-electron chi connectivity index (χ4n) is 4.23. The molecule has 1 unspecified atom stereocenters. The monoisotopic (exact) mass is 438 g/mol. The number of carbonyl (C=O) groups is 1. The summed E-state index contributed by atoms with van der Waals surface area (Å²) in [4.78, 5) is 27.3. The van der Waals surface area contributed by atoms with Crippen molar-refractivity contribution < 1.29 is 14.3 Å². The Balaban J connectivity index is 1.69. The second-order valence-electron chi connectivity index (χ2n) is 7.60. The van der Waals surface area contributed by atoms with Gasteiger partial charge >= 0.3 is 4.87 Å². The molecule has 162 valence electrons. The van der Waals surface area contributed by atoms with E-state index >= 15 is 0 Å². The topological polar surface area (TPSA) is 60.8 Å². The summed E-state index contributed by atoms with van der Waals surface area (Å²) in [6, 6.07) is 13.8. The second kappa shape index (κ2) is 8.98. The van der Waals surface area contributed by atoms with Gasteiger partial charge < -0.3 is 18.9 Å². The summed E-state index contributed by atoms with van der Waals surface area (Å²) < 4.78 is 12.7. The first kappa shape index (κ1) is 21.2. The van der Waals surface area contributed by atoms with Crippen LogP contribution in [0.5, 0.6) is 11.5 Å². The zero-order valence-corrected chi connectivity index (χ0v) is 18.8. The van der Waals surface area contributed by atoms with E-state index in [1.807, 2.05) is 59.7 Å². The van der Waals surface area contributed by atoms with Gasteiger partial charge in [-0.3, -0.25) is 9.59 Å². The highest BCUT2D eigenvalue weighted by molar-refractivity contribution is 7.07. The van der Waals surface area contributed by atoms with Crippen molar-refractivity contribution in [2.45, 2.75) is 32.4 Å². The molecule has 0 fully saturated rings. The van der Waals surface area contributed by atoms with E-state index in [9.17, 15) is 9.59 Å². The number of ether oxygens (including phenoxy) is 2. The van der Waals surface area contributed by atoms with Gasteiger partial charge in [-0.15, -0.1) is 0 Å². The van der Waals surface area contributed by atoms with Crippen molar-refractivity contribution in [2.75, 3.05) is 20.8 Å². The van der Waals surface area contributed by atoms with Crippen LogP contribution in [0.1, 0.15) is 34.8 Å². The van der Waals surface area contributed by atoms with Crippen LogP contribution in [-0.2, 0) is 17.8 Å². The highest BCUT2D eigenvalue weighted by Gasteiger charge is 2.33. The van der Waals surface area contributed by atoms with Crippen molar-refractivity contribution in [3.63, 3.8) is 0 Å². The molecule has 0 spiro atoms. The van der Waals surface area contributed by atoms with Gasteiger partial charge in [0.1, 0.15) is 0 Å². The van der Waals surface area contributed by atoms with Crippen LogP contribution in [0.25, 0.3) is 0 Å². The standard InChI is InChI=1S/C24H26N2O4S/c1-16-15-31-24(28)25(16)12-10-22(27)26-11-9-18-13-20(29-2)21(30-3)14-19(18)23(26)17-7-5-4-6-8-17/h4-8,13-15,23H,9-12H2,1-3H3. The van der Waals surface area contributed by atoms with Crippen molar-refractivity contribution in [3.05, 3.63) is 79.9 Å². The van der Waals surface area contributed by atoms with Gasteiger partial charge in [-0.1, -0.05) is 41.7 Å². The van der Waals surface area contributed by atoms with Crippen molar-refractivity contribution in [1.82, 2.24) is 9.47 Å². The summed E-state index contributed by atoms with van der Waals surface area (Å²) in [6.07, 6.45) is 1.02. The van der Waals surface area contributed by atoms with Gasteiger partial charge in [-0.2, -0.15) is 0 Å². The molecule has 0 radical (unpaired) electrons. The minimum absolute atomic E-state index is 0.0225. The molecule has 2 aromatic carbocycles. The Bertz CT molecular complexity index is 1140. The van der Waals surface area contributed by atoms with Crippen LogP contribution in [0.3, 0.4) is 0 Å². The quantitative estimate of drug-likeness (QED) is 0.587. The van der Waals surface area contributed by atoms with Crippen LogP contribution in [-0.4, -0.2) is 36.1 Å². The first-order valence-electron chi connectivity index (χ1n) is 10.3. The van der Waals surface area contributed by atoms with Gasteiger partial charge in [0.15, 0.2) is 11.5 Å². The maximum Gasteiger partial charge on any atom is 0.307 e. The third-order valence-electron chi connectivity index (χ3n) is 5.84. The van der Waals surface area contributed by atoms with E-state index in [-0.39, 0.29) is 23.2 Å². The summed E-state index contributed by atoms with van der Waals surface area (Å²) in [7, 11) is 3.25. The van der Waals surface area contributed by atoms with Crippen molar-refractivity contribution in [1.29, 1.82) is 0 Å². The second-order valence-corrected chi connectivity index (χ2v) is 8.42. The molecule has 0 bridgehead atoms. The Morgan fingerprint density at radius 2 is 1.84 bits per heavy atom. The predicted octanol–water partition coefficient (Wildman–Crippen LogP) is 3.80. The number of carbonyl (C=O) groups excluding carboxylic acids is 1. The number of hydrogen-bond donors (Lipinski definition) is 0. The number of amides is 1. The summed E-state index contributed by atoms with van der Waals surface area (Å²) in [5, 5.41) is 1.83. The number of aryl methyl sites for hydroxylation is 1. The van der Waals surface area contributed by atoms with E-state index in [0.29, 0.717) is 24.6 Å². The molecule has 1 aliphatic rings. The minimum atomic E-state index is -0.211. The van der Waals surface area contributed by atoms with E-state index in [1.165, 1.54) is 11.3 Å². The van der Waals surface area contributed by atoms with E-state index in [0.717, 1.165) is 28.8 Å². The number of rotatable bonds is 6. The molecular weight excluding hydrogens is 412 g/mol. The molecule has 4 rings (SSSR count). The molecule has 6 nitrogen and oxygen atoms in total. The average molecular weight is 439 g/mol. The fourth-order valence-corrected chi connectivity index (χ4v) is 5.00. The van der Waals surface area contributed by atoms with Gasteiger partial charge in [0, 0.05) is 30.6 Å². The van der Waals surface area contributed by atoms with Gasteiger partial charge in [-0.05, 0) is 42.2 Å². The third-order valence-corrected chi connectivity index (χ3v) is 6.72. The van der Waals surface area contributed by atoms with E-state index in [4.69, 9.17) is 9.47 Å². The summed E-state index contributed by atoms with van der Waals surface area (Å²) >= 11 is 1.17. The van der Waals surface area contributed by atoms with E-state index in [2.05, 4.69) is 0 Å². The van der Waals surface area contributed by atoms with Crippen LogP contribution in [0.2, 0.25) is 0 Å². The lowest BCUT2D eigenvalue weighted by atomic mass is 9.87. The number of hydrogen-bond acceptors (Lipinski definition) is 5. The third kappa shape index (κ3) is 4.10. The zero-order valence-electron chi connectivity index (χ0n) is 18.0. The molecule has 0 aliphatic carbocycles. The van der Waals surface area contributed by atoms with Crippen molar-refractivity contribution >= 4 is 17.2 Å². The lowest BCUT2D eigenvalue weighted by Crippen LogP contribution is -2.41. The first-order chi connectivity index (χ1) is 15.0. The Hall–Kier alpha value is -3.06. The molecule has 0 saturated heterocycles. The number of methoxy groups -OCH3 is 2. The summed E-state index contributed by atoms with van der Waals surface area (Å²) in [5.41, 5.74) is 4.14. The molecule has 2 heterocycles. The van der Waals surface area contributed by atoms with Gasteiger partial charge in [0.05, 0.1) is 20.3 Å². The first-order valence-corrected chi connectivity index (χ1v) is 11.2. The highest BCUT2D eigenvalue weighted by Crippen LogP contribution is 2.41. The van der Waals surface area contributed by atoms with Gasteiger partial charge in [0.2, 0.25) is 5.91 Å². The summed E-state index contributed by atoms with van der Waals surface area (Å²) in [5.74, 6) is 1.38. The van der Waals surface area contributed by atoms with Crippen LogP contribution in [0, 0.1) is 6.92 Å². The Morgan fingerprint density at radius 3 is 2.48 bits per heavy atom. The maximum atomic E-state index is 13.3. The number of aromatic nitrogens is 1. The number of thiazole rings is 1. The maximum absolute atomic E-state index is 13.3. The molecule has 7 heteroatoms. The van der Waals surface area contributed by atoms with Gasteiger partial charge in [0.25, 0.3) is 0 Å². The molecule has 1 amide bonds. The zero-order chi connectivity index (χ0) is 22.0. The number of fused-ring (bicyclic) bond motifs is 1. The largest absolute Gasteiger partial charge is 0.493 e. The molecule has 0 saturated carbocycles. The van der Waals surface area contributed by atoms with Crippen molar-refractivity contribution in [2.24, 2.45) is 0 Å². The summed E-state index contributed by atoms with van der Waals surface area (Å²) in [6.45, 7) is 2.90. The smallest absolute Gasteiger partial charge is 0.307 e. The Labute approximate surface area is 185 Å². The lowest BCUT2D eigenvalue weighted by molar-refractivity contribution is -0.133. The van der Waals surface area contributed by atoms with E-state index < -0.39 is 0 Å². The SMILES string of the molecule is COc1cc2c(cc1OC)C(c1ccccc1)N(C(=O)CCn1c(C)csc1=O)CC2. The lowest BCUT2D eigenvalue weighted by Gasteiger charge is -2.38. The van der Waals surface area contributed by atoms with Crippen LogP contribution < -0.4 is 14.3 Å². The number of benzene rings is 2. The van der Waals surface area contributed by atoms with Gasteiger partial charge in [-0.25, -0.2) is 0 Å². The normalized spacial score (nSPS) is 15.5. The Morgan fingerprint density at radius 1 is 1.13 bits per heavy atom. The Kier molecular flexibility index (Phi) is 6.13. The molecule has 1 aliphatic heterocycles. The molecule has 1 atom stereocenters. The average Bonchev–Trinajstić information content (AvgIpc) is 3.13. The van der Waals surface area contributed by atoms with Crippen LogP contribution >= 0.6 is 11.3 Å².